The lowest BCUT2D eigenvalue weighted by atomic mass is 9.93. The van der Waals surface area contributed by atoms with Crippen molar-refractivity contribution >= 4 is 29.5 Å². The van der Waals surface area contributed by atoms with Gasteiger partial charge in [0.2, 0.25) is 6.79 Å². The molecule has 0 spiro atoms. The topological polar surface area (TPSA) is 114 Å². The summed E-state index contributed by atoms with van der Waals surface area (Å²) in [4.78, 5) is 36.3. The highest BCUT2D eigenvalue weighted by molar-refractivity contribution is 7.98. The molecule has 10 heteroatoms. The first-order chi connectivity index (χ1) is 20.4. The number of fused-ring (bicyclic) bond motifs is 1. The van der Waals surface area contributed by atoms with Gasteiger partial charge in [0, 0.05) is 31.0 Å². The van der Waals surface area contributed by atoms with Gasteiger partial charge in [0.05, 0.1) is 6.20 Å². The Bertz CT molecular complexity index is 1570. The van der Waals surface area contributed by atoms with Crippen LogP contribution in [0.15, 0.2) is 79.3 Å². The zero-order valence-corrected chi connectivity index (χ0v) is 24.3. The number of carboxylic acids is 1. The number of carbonyl (C=O) groups excluding carboxylic acids is 1. The van der Waals surface area contributed by atoms with E-state index in [0.29, 0.717) is 42.4 Å². The molecule has 2 N–H and O–H groups in total. The van der Waals surface area contributed by atoms with Gasteiger partial charge in [0.15, 0.2) is 11.5 Å². The van der Waals surface area contributed by atoms with Crippen LogP contribution < -0.4 is 19.7 Å². The largest absolute Gasteiger partial charge is 0.480 e. The summed E-state index contributed by atoms with van der Waals surface area (Å²) >= 11 is 1.54. The van der Waals surface area contributed by atoms with Crippen LogP contribution in [0, 0.1) is 6.92 Å². The summed E-state index contributed by atoms with van der Waals surface area (Å²) in [7, 11) is 0. The number of thioether (sulfide) groups is 1. The van der Waals surface area contributed by atoms with Gasteiger partial charge in [0.25, 0.3) is 5.91 Å². The standard InChI is InChI=1S/C32H32N4O5S/c1-21-5-3-4-6-24(21)26-15-22(7-9-25(26)31(37)35-27(32(38)39)11-14-42-2)18-36(30-17-33-12-13-34-30)19-23-8-10-28-29(16-23)41-20-40-28/h3-10,12-13,15-17,27H,11,14,18-20H2,1-2H3,(H,35,37)(H,38,39)/t27-/m0/s1. The van der Waals surface area contributed by atoms with Gasteiger partial charge in [-0.25, -0.2) is 9.78 Å². The number of rotatable bonds is 12. The predicted octanol–water partition coefficient (Wildman–Crippen LogP) is 5.32. The van der Waals surface area contributed by atoms with E-state index < -0.39 is 17.9 Å². The van der Waals surface area contributed by atoms with Crippen LogP contribution in [-0.2, 0) is 17.9 Å². The lowest BCUT2D eigenvalue weighted by Crippen LogP contribution is -2.41. The van der Waals surface area contributed by atoms with E-state index >= 15 is 0 Å². The number of nitrogens with zero attached hydrogens (tertiary/aromatic N) is 3. The van der Waals surface area contributed by atoms with E-state index in [2.05, 4.69) is 20.2 Å². The average molecular weight is 585 g/mol. The van der Waals surface area contributed by atoms with Crippen LogP contribution in [0.3, 0.4) is 0 Å². The Hall–Kier alpha value is -4.57. The quantitative estimate of drug-likeness (QED) is 0.228. The molecule has 3 aromatic carbocycles. The smallest absolute Gasteiger partial charge is 0.326 e. The van der Waals surface area contributed by atoms with E-state index in [0.717, 1.165) is 33.6 Å². The molecule has 1 aliphatic rings. The first-order valence-corrected chi connectivity index (χ1v) is 14.9. The second-order valence-corrected chi connectivity index (χ2v) is 10.9. The molecule has 42 heavy (non-hydrogen) atoms. The number of aromatic nitrogens is 2. The molecule has 0 bridgehead atoms. The van der Waals surface area contributed by atoms with E-state index in [1.807, 2.05) is 67.8 Å². The van der Waals surface area contributed by atoms with E-state index in [1.165, 1.54) is 0 Å². The number of hydrogen-bond acceptors (Lipinski definition) is 8. The van der Waals surface area contributed by atoms with Crippen molar-refractivity contribution in [3.8, 4) is 22.6 Å². The molecule has 0 saturated heterocycles. The molecule has 2 heterocycles. The maximum absolute atomic E-state index is 13.5. The van der Waals surface area contributed by atoms with Crippen molar-refractivity contribution in [1.82, 2.24) is 15.3 Å². The Morgan fingerprint density at radius 3 is 2.50 bits per heavy atom. The van der Waals surface area contributed by atoms with Crippen LogP contribution in [0.2, 0.25) is 0 Å². The van der Waals surface area contributed by atoms with Gasteiger partial charge >= 0.3 is 5.97 Å². The number of amides is 1. The van der Waals surface area contributed by atoms with Crippen molar-refractivity contribution in [3.05, 3.63) is 102 Å². The van der Waals surface area contributed by atoms with Gasteiger partial charge in [-0.3, -0.25) is 9.78 Å². The number of anilines is 1. The minimum atomic E-state index is -1.05. The number of aryl methyl sites for hydroxylation is 1. The molecule has 0 saturated carbocycles. The molecule has 1 aliphatic heterocycles. The van der Waals surface area contributed by atoms with Crippen LogP contribution in [0.4, 0.5) is 5.82 Å². The highest BCUT2D eigenvalue weighted by atomic mass is 32.2. The summed E-state index contributed by atoms with van der Waals surface area (Å²) in [6, 6.07) is 18.4. The molecular formula is C32H32N4O5S. The molecular weight excluding hydrogens is 552 g/mol. The van der Waals surface area contributed by atoms with Crippen molar-refractivity contribution in [2.45, 2.75) is 32.5 Å². The van der Waals surface area contributed by atoms with E-state index in [-0.39, 0.29) is 6.79 Å². The van der Waals surface area contributed by atoms with E-state index in [4.69, 9.17) is 9.47 Å². The molecule has 9 nitrogen and oxygen atoms in total. The highest BCUT2D eigenvalue weighted by Gasteiger charge is 2.23. The fourth-order valence-electron chi connectivity index (χ4n) is 4.87. The monoisotopic (exact) mass is 584 g/mol. The normalized spacial score (nSPS) is 12.5. The Balaban J connectivity index is 1.48. The van der Waals surface area contributed by atoms with Crippen LogP contribution >= 0.6 is 11.8 Å². The predicted molar refractivity (Wildman–Crippen MR) is 163 cm³/mol. The summed E-state index contributed by atoms with van der Waals surface area (Å²) in [6.45, 7) is 3.22. The Morgan fingerprint density at radius 1 is 1.00 bits per heavy atom. The van der Waals surface area contributed by atoms with Crippen LogP contribution in [0.5, 0.6) is 11.5 Å². The maximum Gasteiger partial charge on any atom is 0.326 e. The van der Waals surface area contributed by atoms with Crippen LogP contribution in [-0.4, -0.2) is 51.8 Å². The van der Waals surface area contributed by atoms with Crippen molar-refractivity contribution in [2.75, 3.05) is 23.7 Å². The lowest BCUT2D eigenvalue weighted by Gasteiger charge is -2.25. The molecule has 0 fully saturated rings. The fraction of sp³-hybridized carbons (Fsp3) is 0.250. The fourth-order valence-corrected chi connectivity index (χ4v) is 5.34. The second-order valence-electron chi connectivity index (χ2n) is 9.95. The third-order valence-electron chi connectivity index (χ3n) is 7.04. The number of benzene rings is 3. The third-order valence-corrected chi connectivity index (χ3v) is 7.68. The van der Waals surface area contributed by atoms with Crippen molar-refractivity contribution in [2.24, 2.45) is 0 Å². The average Bonchev–Trinajstić information content (AvgIpc) is 3.47. The van der Waals surface area contributed by atoms with Gasteiger partial charge in [-0.15, -0.1) is 0 Å². The van der Waals surface area contributed by atoms with Gasteiger partial charge in [-0.1, -0.05) is 36.4 Å². The zero-order valence-electron chi connectivity index (χ0n) is 23.4. The number of aliphatic carboxylic acids is 1. The summed E-state index contributed by atoms with van der Waals surface area (Å²) in [5.41, 5.74) is 5.04. The maximum atomic E-state index is 13.5. The Labute approximate surface area is 248 Å². The SMILES string of the molecule is CSCC[C@H](NC(=O)c1ccc(CN(Cc2ccc3c(c2)OCO3)c2cnccn2)cc1-c1ccccc1C)C(=O)O. The molecule has 0 aliphatic carbocycles. The van der Waals surface area contributed by atoms with Crippen molar-refractivity contribution in [1.29, 1.82) is 0 Å². The lowest BCUT2D eigenvalue weighted by molar-refractivity contribution is -0.139. The Kier molecular flexibility index (Phi) is 9.23. The van der Waals surface area contributed by atoms with Gasteiger partial charge < -0.3 is 24.8 Å². The molecule has 5 rings (SSSR count). The summed E-state index contributed by atoms with van der Waals surface area (Å²) in [6.07, 6.45) is 7.26. The summed E-state index contributed by atoms with van der Waals surface area (Å²) in [5.74, 6) is 1.30. The molecule has 1 aromatic heterocycles. The summed E-state index contributed by atoms with van der Waals surface area (Å²) in [5, 5.41) is 12.4. The van der Waals surface area contributed by atoms with E-state index in [9.17, 15) is 14.7 Å². The van der Waals surface area contributed by atoms with Gasteiger partial charge in [0.1, 0.15) is 11.9 Å². The molecule has 1 amide bonds. The molecule has 0 unspecified atom stereocenters. The number of carbonyl (C=O) groups is 2. The van der Waals surface area contributed by atoms with Crippen LogP contribution in [0.25, 0.3) is 11.1 Å². The number of hydrogen-bond donors (Lipinski definition) is 2. The van der Waals surface area contributed by atoms with E-state index in [1.54, 1.807) is 36.4 Å². The first-order valence-electron chi connectivity index (χ1n) is 13.5. The number of nitrogens with one attached hydrogen (secondary N) is 1. The number of ether oxygens (including phenoxy) is 2. The van der Waals surface area contributed by atoms with Gasteiger partial charge in [-0.05, 0) is 77.4 Å². The zero-order chi connectivity index (χ0) is 29.5. The van der Waals surface area contributed by atoms with Crippen LogP contribution in [0.1, 0.15) is 33.5 Å². The highest BCUT2D eigenvalue weighted by Crippen LogP contribution is 2.34. The van der Waals surface area contributed by atoms with Crippen molar-refractivity contribution in [3.63, 3.8) is 0 Å². The van der Waals surface area contributed by atoms with Crippen molar-refractivity contribution < 1.29 is 24.2 Å². The third kappa shape index (κ3) is 6.83. The Morgan fingerprint density at radius 2 is 1.76 bits per heavy atom. The second kappa shape index (κ2) is 13.4. The molecule has 216 valence electrons. The first kappa shape index (κ1) is 28.9. The molecule has 4 aromatic rings. The molecule has 0 radical (unpaired) electrons. The summed E-state index contributed by atoms with van der Waals surface area (Å²) < 4.78 is 11.0. The number of carboxylic acid groups (broad SMARTS) is 1. The minimum Gasteiger partial charge on any atom is -0.480 e. The van der Waals surface area contributed by atoms with Gasteiger partial charge in [-0.2, -0.15) is 11.8 Å². The minimum absolute atomic E-state index is 0.207. The molecule has 1 atom stereocenters.